The van der Waals surface area contributed by atoms with Gasteiger partial charge in [-0.25, -0.2) is 13.6 Å². The number of benzene rings is 1. The molecule has 1 amide bonds. The SMILES string of the molecule is NS(=O)(=O)c1ccc(NC(=O)CN2CCc3sccc3[C@H]2c2cccs2)cc1. The van der Waals surface area contributed by atoms with Gasteiger partial charge in [0.15, 0.2) is 0 Å². The Balaban J connectivity index is 1.49. The quantitative estimate of drug-likeness (QED) is 0.647. The van der Waals surface area contributed by atoms with Gasteiger partial charge < -0.3 is 5.32 Å². The molecule has 1 aromatic carbocycles. The molecule has 3 aromatic rings. The Kier molecular flexibility index (Phi) is 5.35. The second-order valence-corrected chi connectivity index (χ2v) is 10.1. The molecule has 0 saturated heterocycles. The van der Waals surface area contributed by atoms with Crippen LogP contribution in [0.15, 0.2) is 58.1 Å². The molecule has 3 N–H and O–H groups in total. The number of nitrogens with zero attached hydrogens (tertiary/aromatic N) is 1. The van der Waals surface area contributed by atoms with Crippen molar-refractivity contribution in [2.75, 3.05) is 18.4 Å². The monoisotopic (exact) mass is 433 g/mol. The molecule has 0 fully saturated rings. The summed E-state index contributed by atoms with van der Waals surface area (Å²) in [6.45, 7) is 1.07. The normalized spacial score (nSPS) is 17.2. The smallest absolute Gasteiger partial charge is 0.238 e. The summed E-state index contributed by atoms with van der Waals surface area (Å²) < 4.78 is 22.7. The summed E-state index contributed by atoms with van der Waals surface area (Å²) in [6.07, 6.45) is 0.936. The van der Waals surface area contributed by atoms with Crippen LogP contribution in [0.1, 0.15) is 21.4 Å². The lowest BCUT2D eigenvalue weighted by Gasteiger charge is -2.34. The van der Waals surface area contributed by atoms with E-state index in [0.717, 1.165) is 13.0 Å². The summed E-state index contributed by atoms with van der Waals surface area (Å²) in [5.41, 5.74) is 1.82. The molecule has 4 rings (SSSR count). The van der Waals surface area contributed by atoms with Crippen molar-refractivity contribution in [2.24, 2.45) is 5.14 Å². The Morgan fingerprint density at radius 1 is 1.14 bits per heavy atom. The maximum absolute atomic E-state index is 12.6. The van der Waals surface area contributed by atoms with Crippen LogP contribution in [0, 0.1) is 0 Å². The number of fused-ring (bicyclic) bond motifs is 1. The number of anilines is 1. The van der Waals surface area contributed by atoms with Crippen molar-refractivity contribution in [3.63, 3.8) is 0 Å². The van der Waals surface area contributed by atoms with E-state index in [4.69, 9.17) is 5.14 Å². The molecule has 28 heavy (non-hydrogen) atoms. The second-order valence-electron chi connectivity index (χ2n) is 6.56. The van der Waals surface area contributed by atoms with Crippen molar-refractivity contribution in [3.05, 3.63) is 68.5 Å². The Morgan fingerprint density at radius 2 is 1.93 bits per heavy atom. The highest BCUT2D eigenvalue weighted by atomic mass is 32.2. The molecule has 0 saturated carbocycles. The highest BCUT2D eigenvalue weighted by molar-refractivity contribution is 7.89. The first kappa shape index (κ1) is 19.3. The zero-order chi connectivity index (χ0) is 19.7. The molecule has 0 bridgehead atoms. The minimum Gasteiger partial charge on any atom is -0.325 e. The standard InChI is InChI=1S/C19H19N3O3S3/c20-28(24,25)14-5-3-13(4-6-14)21-18(23)12-22-9-7-16-15(8-11-27-16)19(22)17-2-1-10-26-17/h1-6,8,10-11,19H,7,9,12H2,(H,21,23)(H2,20,24,25)/t19-/m0/s1. The Labute approximate surface area is 171 Å². The van der Waals surface area contributed by atoms with Crippen LogP contribution in [-0.2, 0) is 21.2 Å². The number of carbonyl (C=O) groups is 1. The van der Waals surface area contributed by atoms with Crippen molar-refractivity contribution >= 4 is 44.3 Å². The first-order chi connectivity index (χ1) is 13.4. The number of rotatable bonds is 5. The predicted molar refractivity (Wildman–Crippen MR) is 112 cm³/mol. The average molecular weight is 434 g/mol. The molecule has 2 aromatic heterocycles. The Hall–Kier alpha value is -2.04. The summed E-state index contributed by atoms with van der Waals surface area (Å²) in [5, 5.41) is 12.1. The van der Waals surface area contributed by atoms with Gasteiger partial charge in [0.1, 0.15) is 0 Å². The number of nitrogens with two attached hydrogens (primary N) is 1. The van der Waals surface area contributed by atoms with Crippen LogP contribution >= 0.6 is 22.7 Å². The molecular formula is C19H19N3O3S3. The lowest BCUT2D eigenvalue weighted by atomic mass is 9.98. The molecule has 1 aliphatic heterocycles. The van der Waals surface area contributed by atoms with Crippen molar-refractivity contribution < 1.29 is 13.2 Å². The van der Waals surface area contributed by atoms with E-state index in [2.05, 4.69) is 33.1 Å². The molecule has 3 heterocycles. The fourth-order valence-electron chi connectivity index (χ4n) is 3.43. The van der Waals surface area contributed by atoms with E-state index in [1.165, 1.54) is 27.5 Å². The summed E-state index contributed by atoms with van der Waals surface area (Å²) >= 11 is 3.47. The molecule has 1 aliphatic rings. The lowest BCUT2D eigenvalue weighted by Crippen LogP contribution is -2.40. The van der Waals surface area contributed by atoms with E-state index in [1.54, 1.807) is 34.8 Å². The zero-order valence-corrected chi connectivity index (χ0v) is 17.3. The average Bonchev–Trinajstić information content (AvgIpc) is 3.33. The molecule has 0 radical (unpaired) electrons. The number of hydrogen-bond donors (Lipinski definition) is 2. The van der Waals surface area contributed by atoms with Gasteiger partial charge in [0.25, 0.3) is 0 Å². The van der Waals surface area contributed by atoms with E-state index >= 15 is 0 Å². The predicted octanol–water partition coefficient (Wildman–Crippen LogP) is 3.04. The van der Waals surface area contributed by atoms with Gasteiger partial charge in [0, 0.05) is 22.0 Å². The third-order valence-electron chi connectivity index (χ3n) is 4.69. The van der Waals surface area contributed by atoms with Gasteiger partial charge in [-0.15, -0.1) is 22.7 Å². The van der Waals surface area contributed by atoms with Crippen LogP contribution < -0.4 is 10.5 Å². The largest absolute Gasteiger partial charge is 0.325 e. The van der Waals surface area contributed by atoms with Gasteiger partial charge in [-0.05, 0) is 59.1 Å². The van der Waals surface area contributed by atoms with Gasteiger partial charge in [-0.2, -0.15) is 0 Å². The lowest BCUT2D eigenvalue weighted by molar-refractivity contribution is -0.117. The summed E-state index contributed by atoms with van der Waals surface area (Å²) in [6, 6.07) is 12.2. The van der Waals surface area contributed by atoms with Crippen molar-refractivity contribution in [2.45, 2.75) is 17.4 Å². The van der Waals surface area contributed by atoms with Crippen LogP contribution in [0.25, 0.3) is 0 Å². The summed E-state index contributed by atoms with van der Waals surface area (Å²) in [5.74, 6) is -0.136. The number of primary sulfonamides is 1. The molecule has 146 valence electrons. The van der Waals surface area contributed by atoms with E-state index in [-0.39, 0.29) is 23.4 Å². The number of carbonyl (C=O) groups excluding carboxylic acids is 1. The first-order valence-corrected chi connectivity index (χ1v) is 12.0. The Bertz CT molecular complexity index is 1070. The van der Waals surface area contributed by atoms with Crippen molar-refractivity contribution in [1.82, 2.24) is 4.90 Å². The maximum atomic E-state index is 12.6. The minimum absolute atomic E-state index is 0.0178. The maximum Gasteiger partial charge on any atom is 0.238 e. The number of nitrogens with one attached hydrogen (secondary N) is 1. The van der Waals surface area contributed by atoms with Gasteiger partial charge in [-0.3, -0.25) is 9.69 Å². The highest BCUT2D eigenvalue weighted by Gasteiger charge is 2.31. The molecule has 0 spiro atoms. The molecule has 0 aliphatic carbocycles. The number of amides is 1. The van der Waals surface area contributed by atoms with E-state index in [1.807, 2.05) is 6.07 Å². The van der Waals surface area contributed by atoms with Gasteiger partial charge in [0.05, 0.1) is 17.5 Å². The molecule has 0 unspecified atom stereocenters. The van der Waals surface area contributed by atoms with Gasteiger partial charge in [-0.1, -0.05) is 6.07 Å². The van der Waals surface area contributed by atoms with Crippen molar-refractivity contribution in [1.29, 1.82) is 0 Å². The molecule has 1 atom stereocenters. The minimum atomic E-state index is -3.74. The Morgan fingerprint density at radius 3 is 2.61 bits per heavy atom. The van der Waals surface area contributed by atoms with Gasteiger partial charge in [0.2, 0.25) is 15.9 Å². The van der Waals surface area contributed by atoms with Crippen LogP contribution in [-0.4, -0.2) is 32.3 Å². The van der Waals surface area contributed by atoms with E-state index in [9.17, 15) is 13.2 Å². The van der Waals surface area contributed by atoms with Crippen LogP contribution in [0.2, 0.25) is 0 Å². The van der Waals surface area contributed by atoms with Crippen LogP contribution in [0.5, 0.6) is 0 Å². The fourth-order valence-corrected chi connectivity index (χ4v) is 5.73. The third kappa shape index (κ3) is 4.03. The third-order valence-corrected chi connectivity index (χ3v) is 7.54. The van der Waals surface area contributed by atoms with E-state index in [0.29, 0.717) is 5.69 Å². The fraction of sp³-hybridized carbons (Fsp3) is 0.211. The first-order valence-electron chi connectivity index (χ1n) is 8.68. The molecule has 6 nitrogen and oxygen atoms in total. The summed E-state index contributed by atoms with van der Waals surface area (Å²) in [7, 11) is -3.74. The number of sulfonamides is 1. The van der Waals surface area contributed by atoms with Crippen molar-refractivity contribution in [3.8, 4) is 0 Å². The summed E-state index contributed by atoms with van der Waals surface area (Å²) in [4.78, 5) is 17.5. The number of hydrogen-bond acceptors (Lipinski definition) is 6. The molecular weight excluding hydrogens is 414 g/mol. The topological polar surface area (TPSA) is 92.5 Å². The molecule has 9 heteroatoms. The van der Waals surface area contributed by atoms with Crippen LogP contribution in [0.4, 0.5) is 5.69 Å². The highest BCUT2D eigenvalue weighted by Crippen LogP contribution is 2.39. The van der Waals surface area contributed by atoms with Gasteiger partial charge >= 0.3 is 0 Å². The van der Waals surface area contributed by atoms with Crippen LogP contribution in [0.3, 0.4) is 0 Å². The number of thiophene rings is 2. The zero-order valence-electron chi connectivity index (χ0n) is 14.9. The van der Waals surface area contributed by atoms with E-state index < -0.39 is 10.0 Å². The second kappa shape index (κ2) is 7.76.